The Bertz CT molecular complexity index is 1940. The van der Waals surface area contributed by atoms with E-state index < -0.39 is 166 Å². The summed E-state index contributed by atoms with van der Waals surface area (Å²) in [5.41, 5.74) is -1.39. The van der Waals surface area contributed by atoms with E-state index in [1.165, 1.54) is 0 Å². The quantitative estimate of drug-likeness (QED) is 0.0651. The van der Waals surface area contributed by atoms with E-state index >= 15 is 0 Å². The molecule has 8 fully saturated rings. The molecule has 4 aliphatic carbocycles. The molecular weight excluding hydrogens is 989 g/mol. The maximum atomic E-state index is 12.8. The summed E-state index contributed by atoms with van der Waals surface area (Å²) in [5, 5.41) is 152. The molecule has 8 aliphatic rings. The van der Waals surface area contributed by atoms with Crippen molar-refractivity contribution in [2.75, 3.05) is 26.4 Å². The van der Waals surface area contributed by atoms with Crippen molar-refractivity contribution >= 4 is 0 Å². The highest BCUT2D eigenvalue weighted by Gasteiger charge is 2.72. The van der Waals surface area contributed by atoms with Crippen LogP contribution in [0.3, 0.4) is 0 Å². The summed E-state index contributed by atoms with van der Waals surface area (Å²) in [6, 6.07) is 0. The molecule has 0 amide bonds. The summed E-state index contributed by atoms with van der Waals surface area (Å²) in [4.78, 5) is 0. The lowest BCUT2D eigenvalue weighted by molar-refractivity contribution is -0.395. The Balaban J connectivity index is 1.03. The highest BCUT2D eigenvalue weighted by atomic mass is 16.8. The predicted octanol–water partition coefficient (Wildman–Crippen LogP) is -1.56. The summed E-state index contributed by atoms with van der Waals surface area (Å²) in [5.74, 6) is -0.332. The normalized spacial score (nSPS) is 52.7. The van der Waals surface area contributed by atoms with Gasteiger partial charge in [-0.05, 0) is 124 Å². The second-order valence-electron chi connectivity index (χ2n) is 25.3. The minimum absolute atomic E-state index is 0.0274. The first kappa shape index (κ1) is 60.0. The number of fused-ring (bicyclic) bond motifs is 5. The van der Waals surface area contributed by atoms with Crippen LogP contribution in [0.4, 0.5) is 0 Å². The van der Waals surface area contributed by atoms with Crippen molar-refractivity contribution in [1.29, 1.82) is 0 Å². The van der Waals surface area contributed by atoms with Gasteiger partial charge in [0.25, 0.3) is 0 Å². The maximum Gasteiger partial charge on any atom is 0.187 e. The van der Waals surface area contributed by atoms with Crippen molar-refractivity contribution in [3.8, 4) is 0 Å². The molecule has 8 rings (SSSR count). The van der Waals surface area contributed by atoms with E-state index in [0.29, 0.717) is 38.5 Å². The summed E-state index contributed by atoms with van der Waals surface area (Å²) in [6.45, 7) is 14.7. The van der Waals surface area contributed by atoms with Crippen molar-refractivity contribution in [3.63, 3.8) is 0 Å². The van der Waals surface area contributed by atoms with Crippen LogP contribution < -0.4 is 0 Å². The van der Waals surface area contributed by atoms with Crippen LogP contribution in [0.15, 0.2) is 11.6 Å². The molecule has 0 aromatic carbocycles. The SMILES string of the molecule is CC(C)=CCCC(C)(OC1OC(CO)C(O)C(O)C1O)C1CCC2(C)C1C(O)CC1C3(C)CCC(OC4OC(CO)C(O)C(O)C4OC4OC(CO)C(O)C(O)C4OC4OCC(O)C(O)C4O)C(C)(C)C3CCC12C. The molecule has 22 nitrogen and oxygen atoms in total. The van der Waals surface area contributed by atoms with Crippen LogP contribution >= 0.6 is 0 Å². The lowest BCUT2D eigenvalue weighted by Crippen LogP contribution is -2.68. The first-order chi connectivity index (χ1) is 35.1. The minimum Gasteiger partial charge on any atom is -0.394 e. The molecular formula is C53H90O22. The van der Waals surface area contributed by atoms with Crippen molar-refractivity contribution in [2.45, 2.75) is 248 Å². The summed E-state index contributed by atoms with van der Waals surface area (Å²) < 4.78 is 49.3. The second-order valence-corrected chi connectivity index (χ2v) is 25.3. The molecule has 4 saturated heterocycles. The van der Waals surface area contributed by atoms with Gasteiger partial charge in [-0.15, -0.1) is 0 Å². The summed E-state index contributed by atoms with van der Waals surface area (Å²) in [7, 11) is 0. The Morgan fingerprint density at radius 3 is 1.65 bits per heavy atom. The zero-order valence-electron chi connectivity index (χ0n) is 44.7. The van der Waals surface area contributed by atoms with E-state index in [0.717, 1.165) is 24.8 Å². The predicted molar refractivity (Wildman–Crippen MR) is 260 cm³/mol. The second kappa shape index (κ2) is 22.7. The van der Waals surface area contributed by atoms with E-state index in [1.54, 1.807) is 0 Å². The number of allylic oxidation sites excluding steroid dienone is 2. The smallest absolute Gasteiger partial charge is 0.187 e. The number of ether oxygens (including phenoxy) is 8. The van der Waals surface area contributed by atoms with Crippen molar-refractivity contribution in [2.24, 2.45) is 45.3 Å². The summed E-state index contributed by atoms with van der Waals surface area (Å²) in [6.07, 6.45) is -23.6. The molecule has 0 aromatic rings. The number of rotatable bonds is 15. The third-order valence-electron chi connectivity index (χ3n) is 20.5. The van der Waals surface area contributed by atoms with Gasteiger partial charge in [-0.25, -0.2) is 0 Å². The summed E-state index contributed by atoms with van der Waals surface area (Å²) >= 11 is 0. The van der Waals surface area contributed by atoms with Crippen LogP contribution in [0.1, 0.15) is 113 Å². The molecule has 4 aliphatic heterocycles. The third kappa shape index (κ3) is 10.5. The maximum absolute atomic E-state index is 12.8. The van der Waals surface area contributed by atoms with Gasteiger partial charge in [0.1, 0.15) is 91.6 Å². The van der Waals surface area contributed by atoms with Crippen LogP contribution in [0.5, 0.6) is 0 Å². The molecule has 14 N–H and O–H groups in total. The minimum atomic E-state index is -1.86. The average molecular weight is 1080 g/mol. The van der Waals surface area contributed by atoms with E-state index in [9.17, 15) is 71.5 Å². The fourth-order valence-corrected chi connectivity index (χ4v) is 16.1. The largest absolute Gasteiger partial charge is 0.394 e. The third-order valence-corrected chi connectivity index (χ3v) is 20.5. The number of aliphatic hydroxyl groups excluding tert-OH is 14. The molecule has 29 unspecified atom stereocenters. The Morgan fingerprint density at radius 1 is 0.560 bits per heavy atom. The molecule has 434 valence electrons. The Hall–Kier alpha value is -1.14. The van der Waals surface area contributed by atoms with Gasteiger partial charge in [-0.1, -0.05) is 46.3 Å². The first-order valence-corrected chi connectivity index (χ1v) is 27.3. The molecule has 0 aromatic heterocycles. The van der Waals surface area contributed by atoms with Crippen LogP contribution in [-0.4, -0.2) is 232 Å². The molecule has 75 heavy (non-hydrogen) atoms. The van der Waals surface area contributed by atoms with Gasteiger partial charge >= 0.3 is 0 Å². The molecule has 4 saturated carbocycles. The fourth-order valence-electron chi connectivity index (χ4n) is 16.1. The Kier molecular flexibility index (Phi) is 18.1. The lowest BCUT2D eigenvalue weighted by Gasteiger charge is -2.71. The molecule has 22 heteroatoms. The Morgan fingerprint density at radius 2 is 1.08 bits per heavy atom. The fraction of sp³-hybridized carbons (Fsp3) is 0.962. The van der Waals surface area contributed by atoms with Crippen LogP contribution in [0.2, 0.25) is 0 Å². The van der Waals surface area contributed by atoms with Crippen LogP contribution in [-0.2, 0) is 37.9 Å². The monoisotopic (exact) mass is 1080 g/mol. The zero-order chi connectivity index (χ0) is 55.1. The highest BCUT2D eigenvalue weighted by molar-refractivity contribution is 5.20. The molecule has 0 spiro atoms. The Labute approximate surface area is 439 Å². The highest BCUT2D eigenvalue weighted by Crippen LogP contribution is 2.76. The lowest BCUT2D eigenvalue weighted by atomic mass is 9.35. The van der Waals surface area contributed by atoms with Crippen LogP contribution in [0.25, 0.3) is 0 Å². The number of aliphatic hydroxyl groups is 14. The number of hydrogen-bond acceptors (Lipinski definition) is 22. The zero-order valence-corrected chi connectivity index (χ0v) is 44.7. The van der Waals surface area contributed by atoms with Gasteiger partial charge < -0.3 is 109 Å². The molecule has 0 radical (unpaired) electrons. The van der Waals surface area contributed by atoms with Crippen molar-refractivity contribution in [1.82, 2.24) is 0 Å². The van der Waals surface area contributed by atoms with E-state index in [2.05, 4.69) is 40.7 Å². The van der Waals surface area contributed by atoms with Gasteiger partial charge in [0.2, 0.25) is 0 Å². The van der Waals surface area contributed by atoms with Gasteiger partial charge in [0, 0.05) is 0 Å². The van der Waals surface area contributed by atoms with E-state index in [-0.39, 0.29) is 39.9 Å². The van der Waals surface area contributed by atoms with Crippen molar-refractivity contribution < 1.29 is 109 Å². The van der Waals surface area contributed by atoms with Gasteiger partial charge in [0.15, 0.2) is 25.2 Å². The van der Waals surface area contributed by atoms with Crippen LogP contribution in [0, 0.1) is 45.3 Å². The van der Waals surface area contributed by atoms with E-state index in [4.69, 9.17) is 37.9 Å². The first-order valence-electron chi connectivity index (χ1n) is 27.3. The topological polar surface area (TPSA) is 357 Å². The van der Waals surface area contributed by atoms with Crippen molar-refractivity contribution in [3.05, 3.63) is 11.6 Å². The molecule has 0 bridgehead atoms. The van der Waals surface area contributed by atoms with Gasteiger partial charge in [-0.2, -0.15) is 0 Å². The van der Waals surface area contributed by atoms with E-state index in [1.807, 2.05) is 20.8 Å². The van der Waals surface area contributed by atoms with Gasteiger partial charge in [0.05, 0.1) is 44.2 Å². The molecule has 4 heterocycles. The number of hydrogen-bond donors (Lipinski definition) is 14. The molecule has 29 atom stereocenters. The average Bonchev–Trinajstić information content (AvgIpc) is 3.76. The standard InChI is InChI=1S/C53H90O22/c1-23(2)10-9-14-53(8,75-46-42(67)38(63)35(60)27(19-54)69-46)24-11-16-52(7)33(24)25(57)18-31-50(5)15-13-32(49(3,4)30(50)12-17-51(31,52)6)72-47-43(39(64)36(61)28(20-55)70-47)74-48-44(40(65)37(62)29(21-56)71-48)73-45-41(66)34(59)26(58)22-68-45/h10,24-48,54-67H,9,11-22H2,1-8H3. The van der Waals surface area contributed by atoms with Gasteiger partial charge in [-0.3, -0.25) is 0 Å².